The Morgan fingerprint density at radius 2 is 2.15 bits per heavy atom. The van der Waals surface area contributed by atoms with Crippen LogP contribution in [0.3, 0.4) is 0 Å². The smallest absolute Gasteiger partial charge is 0.224 e. The van der Waals surface area contributed by atoms with E-state index in [1.807, 2.05) is 12.1 Å². The number of anilines is 1. The maximum Gasteiger partial charge on any atom is 0.224 e. The second-order valence-corrected chi connectivity index (χ2v) is 3.14. The second-order valence-electron chi connectivity index (χ2n) is 3.14. The average Bonchev–Trinajstić information content (AvgIpc) is 2.17. The Morgan fingerprint density at radius 1 is 1.31 bits per heavy atom. The SMILES string of the molecule is [O]Cc1cccc2c1NC(=O)CC2. The molecule has 0 atom stereocenters. The van der Waals surface area contributed by atoms with Gasteiger partial charge in [-0.2, -0.15) is 0 Å². The van der Waals surface area contributed by atoms with Crippen molar-refractivity contribution in [2.45, 2.75) is 19.4 Å². The summed E-state index contributed by atoms with van der Waals surface area (Å²) < 4.78 is 0. The molecule has 13 heavy (non-hydrogen) atoms. The van der Waals surface area contributed by atoms with Gasteiger partial charge >= 0.3 is 0 Å². The molecule has 0 spiro atoms. The van der Waals surface area contributed by atoms with E-state index in [1.165, 1.54) is 0 Å². The van der Waals surface area contributed by atoms with Crippen molar-refractivity contribution in [3.8, 4) is 0 Å². The number of carbonyl (C=O) groups is 1. The van der Waals surface area contributed by atoms with Crippen LogP contribution in [0.15, 0.2) is 18.2 Å². The zero-order valence-corrected chi connectivity index (χ0v) is 7.17. The van der Waals surface area contributed by atoms with E-state index in [0.29, 0.717) is 12.0 Å². The lowest BCUT2D eigenvalue weighted by Gasteiger charge is -2.18. The highest BCUT2D eigenvalue weighted by atomic mass is 16.3. The van der Waals surface area contributed by atoms with Gasteiger partial charge in [0.15, 0.2) is 0 Å². The van der Waals surface area contributed by atoms with Crippen molar-refractivity contribution < 1.29 is 9.90 Å². The van der Waals surface area contributed by atoms with Crippen LogP contribution in [0.5, 0.6) is 0 Å². The van der Waals surface area contributed by atoms with Crippen molar-refractivity contribution in [1.29, 1.82) is 0 Å². The summed E-state index contributed by atoms with van der Waals surface area (Å²) in [6.45, 7) is -0.274. The van der Waals surface area contributed by atoms with Crippen LogP contribution in [0.4, 0.5) is 5.69 Å². The Balaban J connectivity index is 2.46. The summed E-state index contributed by atoms with van der Waals surface area (Å²) >= 11 is 0. The monoisotopic (exact) mass is 176 g/mol. The van der Waals surface area contributed by atoms with Crippen LogP contribution in [0.2, 0.25) is 0 Å². The van der Waals surface area contributed by atoms with Gasteiger partial charge in [-0.05, 0) is 12.0 Å². The Bertz CT molecular complexity index is 333. The third kappa shape index (κ3) is 1.42. The van der Waals surface area contributed by atoms with E-state index in [1.54, 1.807) is 6.07 Å². The fourth-order valence-electron chi connectivity index (χ4n) is 1.59. The number of hydrogen-bond donors (Lipinski definition) is 1. The number of fused-ring (bicyclic) bond motifs is 1. The van der Waals surface area contributed by atoms with Crippen LogP contribution < -0.4 is 5.32 Å². The van der Waals surface area contributed by atoms with Crippen molar-refractivity contribution in [3.05, 3.63) is 29.3 Å². The number of nitrogens with one attached hydrogen (secondary N) is 1. The number of aryl methyl sites for hydroxylation is 1. The largest absolute Gasteiger partial charge is 0.325 e. The molecule has 0 aromatic heterocycles. The Morgan fingerprint density at radius 3 is 2.92 bits per heavy atom. The number of carbonyl (C=O) groups excluding carboxylic acids is 1. The van der Waals surface area contributed by atoms with Crippen LogP contribution in [-0.2, 0) is 22.9 Å². The predicted octanol–water partition coefficient (Wildman–Crippen LogP) is 1.50. The molecule has 0 fully saturated rings. The van der Waals surface area contributed by atoms with E-state index >= 15 is 0 Å². The standard InChI is InChI=1S/C10H10NO2/c12-6-8-3-1-2-7-4-5-9(13)11-10(7)8/h1-3H,4-6H2,(H,11,13). The molecule has 0 aliphatic carbocycles. The van der Waals surface area contributed by atoms with Gasteiger partial charge in [-0.15, -0.1) is 0 Å². The summed E-state index contributed by atoms with van der Waals surface area (Å²) in [7, 11) is 0. The highest BCUT2D eigenvalue weighted by molar-refractivity contribution is 5.94. The average molecular weight is 176 g/mol. The topological polar surface area (TPSA) is 49.0 Å². The van der Waals surface area contributed by atoms with Crippen molar-refractivity contribution in [2.75, 3.05) is 5.32 Å². The first-order chi connectivity index (χ1) is 6.31. The lowest BCUT2D eigenvalue weighted by atomic mass is 9.99. The van der Waals surface area contributed by atoms with Gasteiger partial charge in [0.25, 0.3) is 0 Å². The molecular formula is C10H10NO2. The molecule has 67 valence electrons. The predicted molar refractivity (Wildman–Crippen MR) is 47.8 cm³/mol. The Hall–Kier alpha value is -1.35. The summed E-state index contributed by atoms with van der Waals surface area (Å²) in [5, 5.41) is 13.5. The van der Waals surface area contributed by atoms with Gasteiger partial charge in [-0.1, -0.05) is 18.2 Å². The summed E-state index contributed by atoms with van der Waals surface area (Å²) in [6.07, 6.45) is 1.27. The van der Waals surface area contributed by atoms with Crippen molar-refractivity contribution >= 4 is 11.6 Å². The first kappa shape index (κ1) is 8.26. The van der Waals surface area contributed by atoms with Crippen molar-refractivity contribution in [1.82, 2.24) is 0 Å². The molecule has 1 aliphatic heterocycles. The van der Waals surface area contributed by atoms with E-state index in [9.17, 15) is 9.90 Å². The molecule has 0 bridgehead atoms. The van der Waals surface area contributed by atoms with E-state index in [-0.39, 0.29) is 12.5 Å². The van der Waals surface area contributed by atoms with Gasteiger partial charge in [0, 0.05) is 17.7 Å². The van der Waals surface area contributed by atoms with Crippen LogP contribution in [0, 0.1) is 0 Å². The van der Waals surface area contributed by atoms with Crippen molar-refractivity contribution in [3.63, 3.8) is 0 Å². The number of benzene rings is 1. The molecule has 0 saturated carbocycles. The van der Waals surface area contributed by atoms with Gasteiger partial charge in [-0.25, -0.2) is 5.11 Å². The summed E-state index contributed by atoms with van der Waals surface area (Å²) in [5.74, 6) is 0.00778. The normalized spacial score (nSPS) is 15.0. The minimum Gasteiger partial charge on any atom is -0.325 e. The van der Waals surface area contributed by atoms with E-state index in [2.05, 4.69) is 5.32 Å². The molecule has 1 heterocycles. The first-order valence-electron chi connectivity index (χ1n) is 4.30. The third-order valence-electron chi connectivity index (χ3n) is 2.28. The molecule has 1 aromatic rings. The van der Waals surface area contributed by atoms with Gasteiger partial charge in [0.1, 0.15) is 6.61 Å². The van der Waals surface area contributed by atoms with Gasteiger partial charge < -0.3 is 5.32 Å². The third-order valence-corrected chi connectivity index (χ3v) is 2.28. The highest BCUT2D eigenvalue weighted by Crippen LogP contribution is 2.26. The lowest BCUT2D eigenvalue weighted by Crippen LogP contribution is -2.20. The van der Waals surface area contributed by atoms with Gasteiger partial charge in [0.2, 0.25) is 5.91 Å². The zero-order valence-electron chi connectivity index (χ0n) is 7.17. The quantitative estimate of drug-likeness (QED) is 0.692. The molecule has 3 heteroatoms. The second kappa shape index (κ2) is 3.18. The highest BCUT2D eigenvalue weighted by Gasteiger charge is 2.16. The molecule has 1 aliphatic rings. The Labute approximate surface area is 76.4 Å². The molecule has 1 amide bonds. The number of rotatable bonds is 1. The minimum atomic E-state index is -0.274. The molecule has 1 aromatic carbocycles. The fraction of sp³-hybridized carbons (Fsp3) is 0.300. The molecule has 3 nitrogen and oxygen atoms in total. The maximum atomic E-state index is 11.1. The fourth-order valence-corrected chi connectivity index (χ4v) is 1.59. The zero-order chi connectivity index (χ0) is 9.26. The maximum absolute atomic E-state index is 11.1. The molecule has 1 radical (unpaired) electrons. The minimum absolute atomic E-state index is 0.00778. The summed E-state index contributed by atoms with van der Waals surface area (Å²) in [6, 6.07) is 5.58. The molecule has 1 N–H and O–H groups in total. The lowest BCUT2D eigenvalue weighted by molar-refractivity contribution is -0.116. The van der Waals surface area contributed by atoms with Crippen LogP contribution in [0.1, 0.15) is 17.5 Å². The molecule has 0 unspecified atom stereocenters. The van der Waals surface area contributed by atoms with Gasteiger partial charge in [-0.3, -0.25) is 4.79 Å². The number of para-hydroxylation sites is 1. The molecule has 2 rings (SSSR count). The van der Waals surface area contributed by atoms with Crippen molar-refractivity contribution in [2.24, 2.45) is 0 Å². The Kier molecular flexibility index (Phi) is 2.02. The summed E-state index contributed by atoms with van der Waals surface area (Å²) in [4.78, 5) is 11.1. The van der Waals surface area contributed by atoms with Crippen LogP contribution in [-0.4, -0.2) is 5.91 Å². The summed E-state index contributed by atoms with van der Waals surface area (Å²) in [5.41, 5.74) is 2.51. The molecule has 0 saturated heterocycles. The number of hydrogen-bond acceptors (Lipinski definition) is 1. The van der Waals surface area contributed by atoms with E-state index in [0.717, 1.165) is 17.7 Å². The first-order valence-corrected chi connectivity index (χ1v) is 4.30. The van der Waals surface area contributed by atoms with Crippen LogP contribution in [0.25, 0.3) is 0 Å². The van der Waals surface area contributed by atoms with E-state index in [4.69, 9.17) is 0 Å². The van der Waals surface area contributed by atoms with Gasteiger partial charge in [0.05, 0.1) is 0 Å². The van der Waals surface area contributed by atoms with Crippen LogP contribution >= 0.6 is 0 Å². The molecular weight excluding hydrogens is 166 g/mol. The number of amides is 1. The van der Waals surface area contributed by atoms with E-state index < -0.39 is 0 Å².